The molecule has 4 nitrogen and oxygen atoms in total. The fourth-order valence-electron chi connectivity index (χ4n) is 3.48. The summed E-state index contributed by atoms with van der Waals surface area (Å²) < 4.78 is 58.6. The van der Waals surface area contributed by atoms with Gasteiger partial charge in [0.15, 0.2) is 0 Å². The van der Waals surface area contributed by atoms with Gasteiger partial charge in [-0.2, -0.15) is 17.6 Å². The van der Waals surface area contributed by atoms with Crippen LogP contribution in [0.2, 0.25) is 0 Å². The van der Waals surface area contributed by atoms with Gasteiger partial charge in [-0.3, -0.25) is 9.59 Å². The standard InChI is InChI=1S/C24H28F4N2O2/c1-5-15-11-9-12-16(6-2)19(15)29-21(31)23(25,26)24(27,28)22(32)30-20-17(7-3)13-10-14-18(20)8-4/h9-14H,5-8H2,1-4H3,(H,29,31)(H,30,32). The van der Waals surface area contributed by atoms with Crippen molar-refractivity contribution in [3.05, 3.63) is 58.7 Å². The van der Waals surface area contributed by atoms with E-state index in [1.807, 2.05) is 10.6 Å². The number of benzene rings is 2. The molecule has 0 fully saturated rings. The van der Waals surface area contributed by atoms with E-state index in [1.54, 1.807) is 64.1 Å². The van der Waals surface area contributed by atoms with Crippen molar-refractivity contribution < 1.29 is 27.2 Å². The third-order valence-electron chi connectivity index (χ3n) is 5.44. The molecule has 0 aromatic heterocycles. The Bertz CT molecular complexity index is 866. The highest BCUT2D eigenvalue weighted by Crippen LogP contribution is 2.38. The number of nitrogens with one attached hydrogen (secondary N) is 2. The fourth-order valence-corrected chi connectivity index (χ4v) is 3.48. The molecule has 0 saturated heterocycles. The summed E-state index contributed by atoms with van der Waals surface area (Å²) in [6.45, 7) is 7.00. The first-order valence-electron chi connectivity index (χ1n) is 10.6. The Morgan fingerprint density at radius 2 is 0.875 bits per heavy atom. The van der Waals surface area contributed by atoms with Crippen LogP contribution < -0.4 is 10.6 Å². The molecule has 2 aromatic carbocycles. The third-order valence-corrected chi connectivity index (χ3v) is 5.44. The minimum atomic E-state index is -5.27. The van der Waals surface area contributed by atoms with Gasteiger partial charge in [0, 0.05) is 11.4 Å². The molecule has 2 rings (SSSR count). The summed E-state index contributed by atoms with van der Waals surface area (Å²) in [5.41, 5.74) is 2.28. The van der Waals surface area contributed by atoms with Gasteiger partial charge in [0.25, 0.3) is 0 Å². The van der Waals surface area contributed by atoms with Gasteiger partial charge in [-0.05, 0) is 47.9 Å². The van der Waals surface area contributed by atoms with E-state index in [2.05, 4.69) is 0 Å². The minimum Gasteiger partial charge on any atom is -0.320 e. The zero-order valence-electron chi connectivity index (χ0n) is 18.6. The predicted molar refractivity (Wildman–Crippen MR) is 118 cm³/mol. The molecule has 8 heteroatoms. The largest absolute Gasteiger partial charge is 0.396 e. The summed E-state index contributed by atoms with van der Waals surface area (Å²) >= 11 is 0. The monoisotopic (exact) mass is 452 g/mol. The first-order chi connectivity index (χ1) is 15.0. The number of hydrogen-bond acceptors (Lipinski definition) is 2. The number of anilines is 2. The predicted octanol–water partition coefficient (Wildman–Crippen LogP) is 5.78. The highest BCUT2D eigenvalue weighted by Gasteiger charge is 2.67. The van der Waals surface area contributed by atoms with E-state index < -0.39 is 23.7 Å². The number of alkyl halides is 4. The zero-order chi connectivity index (χ0) is 24.1. The van der Waals surface area contributed by atoms with Gasteiger partial charge in [-0.15, -0.1) is 0 Å². The molecule has 0 saturated carbocycles. The number of aryl methyl sites for hydroxylation is 4. The van der Waals surface area contributed by atoms with Crippen LogP contribution in [0.4, 0.5) is 28.9 Å². The van der Waals surface area contributed by atoms with Crippen LogP contribution in [0.25, 0.3) is 0 Å². The molecule has 32 heavy (non-hydrogen) atoms. The molecule has 0 aliphatic carbocycles. The first kappa shape index (κ1) is 25.4. The van der Waals surface area contributed by atoms with E-state index in [9.17, 15) is 27.2 Å². The molecule has 0 heterocycles. The van der Waals surface area contributed by atoms with Crippen molar-refractivity contribution in [2.45, 2.75) is 65.2 Å². The van der Waals surface area contributed by atoms with Crippen molar-refractivity contribution in [1.82, 2.24) is 0 Å². The molecule has 0 bridgehead atoms. The molecular formula is C24H28F4N2O2. The van der Waals surface area contributed by atoms with Crippen molar-refractivity contribution in [3.8, 4) is 0 Å². The van der Waals surface area contributed by atoms with E-state index in [4.69, 9.17) is 0 Å². The van der Waals surface area contributed by atoms with Crippen molar-refractivity contribution in [2.24, 2.45) is 0 Å². The summed E-state index contributed by atoms with van der Waals surface area (Å²) in [7, 11) is 0. The Morgan fingerprint density at radius 1 is 0.625 bits per heavy atom. The zero-order valence-corrected chi connectivity index (χ0v) is 18.6. The van der Waals surface area contributed by atoms with E-state index in [0.29, 0.717) is 47.9 Å². The molecule has 2 amide bonds. The van der Waals surface area contributed by atoms with Gasteiger partial charge >= 0.3 is 23.7 Å². The van der Waals surface area contributed by atoms with Crippen molar-refractivity contribution in [3.63, 3.8) is 0 Å². The Morgan fingerprint density at radius 3 is 1.09 bits per heavy atom. The van der Waals surface area contributed by atoms with E-state index >= 15 is 0 Å². The second-order valence-corrected chi connectivity index (χ2v) is 7.37. The van der Waals surface area contributed by atoms with Crippen LogP contribution in [0.3, 0.4) is 0 Å². The van der Waals surface area contributed by atoms with Gasteiger partial charge in [0.1, 0.15) is 0 Å². The van der Waals surface area contributed by atoms with Crippen molar-refractivity contribution in [2.75, 3.05) is 10.6 Å². The van der Waals surface area contributed by atoms with E-state index in [-0.39, 0.29) is 11.4 Å². The van der Waals surface area contributed by atoms with Crippen LogP contribution in [0.1, 0.15) is 49.9 Å². The van der Waals surface area contributed by atoms with Crippen LogP contribution in [-0.4, -0.2) is 23.7 Å². The number of hydrogen-bond donors (Lipinski definition) is 2. The van der Waals surface area contributed by atoms with E-state index in [0.717, 1.165) is 0 Å². The lowest BCUT2D eigenvalue weighted by molar-refractivity contribution is -0.204. The number of amides is 2. The number of rotatable bonds is 9. The van der Waals surface area contributed by atoms with Crippen molar-refractivity contribution in [1.29, 1.82) is 0 Å². The Labute approximate surface area is 185 Å². The molecule has 2 N–H and O–H groups in total. The summed E-state index contributed by atoms with van der Waals surface area (Å²) in [5, 5.41) is 3.88. The molecule has 174 valence electrons. The molecule has 0 radical (unpaired) electrons. The van der Waals surface area contributed by atoms with Crippen LogP contribution in [0.15, 0.2) is 36.4 Å². The maximum Gasteiger partial charge on any atom is 0.396 e. The Balaban J connectivity index is 2.35. The summed E-state index contributed by atoms with van der Waals surface area (Å²) in [6.07, 6.45) is 1.61. The van der Waals surface area contributed by atoms with E-state index in [1.165, 1.54) is 0 Å². The SMILES string of the molecule is CCc1cccc(CC)c1NC(=O)C(F)(F)C(F)(F)C(=O)Nc1c(CC)cccc1CC. The molecule has 0 aliphatic rings. The highest BCUT2D eigenvalue weighted by molar-refractivity contribution is 6.06. The molecular weight excluding hydrogens is 424 g/mol. The van der Waals surface area contributed by atoms with Crippen LogP contribution in [0, 0.1) is 0 Å². The van der Waals surface area contributed by atoms with Gasteiger partial charge in [0.05, 0.1) is 0 Å². The number of carbonyl (C=O) groups is 2. The fraction of sp³-hybridized carbons (Fsp3) is 0.417. The van der Waals surface area contributed by atoms with Crippen LogP contribution in [0.5, 0.6) is 0 Å². The number of carbonyl (C=O) groups excluding carboxylic acids is 2. The lowest BCUT2D eigenvalue weighted by Gasteiger charge is -2.26. The first-order valence-corrected chi connectivity index (χ1v) is 10.6. The molecule has 0 atom stereocenters. The van der Waals surface area contributed by atoms with Gasteiger partial charge in [-0.1, -0.05) is 64.1 Å². The smallest absolute Gasteiger partial charge is 0.320 e. The second-order valence-electron chi connectivity index (χ2n) is 7.37. The number of para-hydroxylation sites is 2. The lowest BCUT2D eigenvalue weighted by Crippen LogP contribution is -2.56. The van der Waals surface area contributed by atoms with Crippen LogP contribution in [-0.2, 0) is 35.3 Å². The molecule has 0 spiro atoms. The topological polar surface area (TPSA) is 58.2 Å². The summed E-state index contributed by atoms with van der Waals surface area (Å²) in [4.78, 5) is 24.6. The Hall–Kier alpha value is -2.90. The maximum atomic E-state index is 14.6. The molecule has 2 aromatic rings. The third kappa shape index (κ3) is 4.79. The van der Waals surface area contributed by atoms with Gasteiger partial charge < -0.3 is 10.6 Å². The lowest BCUT2D eigenvalue weighted by atomic mass is 10.0. The van der Waals surface area contributed by atoms with Gasteiger partial charge in [-0.25, -0.2) is 0 Å². The summed E-state index contributed by atoms with van der Waals surface area (Å²) in [6, 6.07) is 9.86. The average Bonchev–Trinajstić information content (AvgIpc) is 2.78. The highest BCUT2D eigenvalue weighted by atomic mass is 19.3. The molecule has 0 aliphatic heterocycles. The van der Waals surface area contributed by atoms with Crippen LogP contribution >= 0.6 is 0 Å². The normalized spacial score (nSPS) is 11.9. The quantitative estimate of drug-likeness (QED) is 0.474. The number of halogens is 4. The Kier molecular flexibility index (Phi) is 8.04. The second kappa shape index (κ2) is 10.1. The minimum absolute atomic E-state index is 0.0722. The average molecular weight is 452 g/mol. The van der Waals surface area contributed by atoms with Crippen molar-refractivity contribution >= 4 is 23.2 Å². The van der Waals surface area contributed by atoms with Gasteiger partial charge in [0.2, 0.25) is 0 Å². The summed E-state index contributed by atoms with van der Waals surface area (Å²) in [5.74, 6) is -15.0. The maximum absolute atomic E-state index is 14.6. The molecule has 0 unspecified atom stereocenters.